The van der Waals surface area contributed by atoms with Gasteiger partial charge in [0.15, 0.2) is 23.0 Å². The molecule has 0 aromatic heterocycles. The number of nitrogens with one attached hydrogen (secondary N) is 1. The summed E-state index contributed by atoms with van der Waals surface area (Å²) in [5.41, 5.74) is 3.38. The molecular formula is C24H34N2O5. The van der Waals surface area contributed by atoms with Gasteiger partial charge in [-0.05, 0) is 56.3 Å². The zero-order chi connectivity index (χ0) is 22.4. The Hall–Kier alpha value is -2.64. The Labute approximate surface area is 185 Å². The Morgan fingerprint density at radius 3 is 2.06 bits per heavy atom. The summed E-state index contributed by atoms with van der Waals surface area (Å²) in [7, 11) is 10.7. The molecule has 1 aliphatic heterocycles. The molecule has 1 N–H and O–H groups in total. The van der Waals surface area contributed by atoms with Gasteiger partial charge in [-0.25, -0.2) is 0 Å². The maximum Gasteiger partial charge on any atom is 0.164 e. The third kappa shape index (κ3) is 5.17. The van der Waals surface area contributed by atoms with E-state index in [-0.39, 0.29) is 6.04 Å². The van der Waals surface area contributed by atoms with Crippen LogP contribution in [0.5, 0.6) is 28.7 Å². The summed E-state index contributed by atoms with van der Waals surface area (Å²) in [6, 6.07) is 7.97. The molecule has 1 heterocycles. The molecule has 1 atom stereocenters. The summed E-state index contributed by atoms with van der Waals surface area (Å²) in [5, 5.41) is 3.62. The topological polar surface area (TPSA) is 61.4 Å². The molecule has 2 aromatic carbocycles. The zero-order valence-corrected chi connectivity index (χ0v) is 19.4. The molecule has 2 aromatic rings. The van der Waals surface area contributed by atoms with Gasteiger partial charge in [0.05, 0.1) is 41.1 Å². The highest BCUT2D eigenvalue weighted by Gasteiger charge is 2.28. The van der Waals surface area contributed by atoms with Gasteiger partial charge in [0, 0.05) is 24.7 Å². The van der Waals surface area contributed by atoms with Gasteiger partial charge in [0.1, 0.15) is 5.75 Å². The van der Waals surface area contributed by atoms with E-state index >= 15 is 0 Å². The molecule has 0 bridgehead atoms. The number of benzene rings is 2. The number of hydrogen-bond acceptors (Lipinski definition) is 7. The van der Waals surface area contributed by atoms with E-state index in [9.17, 15) is 0 Å². The van der Waals surface area contributed by atoms with Crippen LogP contribution in [-0.2, 0) is 6.42 Å². The van der Waals surface area contributed by atoms with Crippen molar-refractivity contribution < 1.29 is 23.7 Å². The predicted molar refractivity (Wildman–Crippen MR) is 121 cm³/mol. The Balaban J connectivity index is 1.99. The van der Waals surface area contributed by atoms with Gasteiger partial charge < -0.3 is 33.9 Å². The number of ether oxygens (including phenoxy) is 5. The molecule has 1 unspecified atom stereocenters. The van der Waals surface area contributed by atoms with E-state index in [0.29, 0.717) is 18.1 Å². The van der Waals surface area contributed by atoms with Crippen LogP contribution in [0.1, 0.15) is 29.2 Å². The molecule has 170 valence electrons. The predicted octanol–water partition coefficient (Wildman–Crippen LogP) is 3.29. The maximum atomic E-state index is 6.11. The van der Waals surface area contributed by atoms with Crippen molar-refractivity contribution in [2.24, 2.45) is 0 Å². The molecule has 0 amide bonds. The lowest BCUT2D eigenvalue weighted by atomic mass is 9.88. The van der Waals surface area contributed by atoms with Crippen LogP contribution in [0.2, 0.25) is 0 Å². The molecule has 0 saturated heterocycles. The number of nitrogens with zero attached hydrogens (tertiary/aromatic N) is 1. The normalized spacial score (nSPS) is 15.4. The van der Waals surface area contributed by atoms with E-state index in [1.807, 2.05) is 12.1 Å². The Kier molecular flexibility index (Phi) is 7.87. The minimum atomic E-state index is -0.0615. The first-order valence-electron chi connectivity index (χ1n) is 10.5. The van der Waals surface area contributed by atoms with Gasteiger partial charge in [-0.2, -0.15) is 0 Å². The molecule has 7 heteroatoms. The lowest BCUT2D eigenvalue weighted by molar-refractivity contribution is 0.267. The lowest BCUT2D eigenvalue weighted by Crippen LogP contribution is -2.31. The molecule has 0 saturated carbocycles. The maximum absolute atomic E-state index is 6.11. The molecule has 0 radical (unpaired) electrons. The van der Waals surface area contributed by atoms with Crippen LogP contribution in [0.15, 0.2) is 24.3 Å². The fourth-order valence-corrected chi connectivity index (χ4v) is 3.96. The van der Waals surface area contributed by atoms with E-state index in [1.54, 1.807) is 28.4 Å². The van der Waals surface area contributed by atoms with Crippen molar-refractivity contribution in [3.8, 4) is 28.7 Å². The largest absolute Gasteiger partial charge is 0.496 e. The van der Waals surface area contributed by atoms with E-state index in [0.717, 1.165) is 54.3 Å². The second-order valence-corrected chi connectivity index (χ2v) is 7.79. The first-order chi connectivity index (χ1) is 15.0. The molecule has 0 aliphatic carbocycles. The summed E-state index contributed by atoms with van der Waals surface area (Å²) < 4.78 is 28.4. The van der Waals surface area contributed by atoms with Gasteiger partial charge in [-0.1, -0.05) is 0 Å². The van der Waals surface area contributed by atoms with Gasteiger partial charge >= 0.3 is 0 Å². The lowest BCUT2D eigenvalue weighted by Gasteiger charge is -2.30. The number of hydrogen-bond donors (Lipinski definition) is 1. The third-order valence-corrected chi connectivity index (χ3v) is 5.53. The summed E-state index contributed by atoms with van der Waals surface area (Å²) in [5.74, 6) is 3.57. The second kappa shape index (κ2) is 10.6. The highest BCUT2D eigenvalue weighted by Crippen LogP contribution is 2.43. The van der Waals surface area contributed by atoms with Gasteiger partial charge in [-0.15, -0.1) is 0 Å². The van der Waals surface area contributed by atoms with Crippen molar-refractivity contribution in [1.82, 2.24) is 10.2 Å². The Bertz CT molecular complexity index is 885. The van der Waals surface area contributed by atoms with Crippen molar-refractivity contribution >= 4 is 0 Å². The summed E-state index contributed by atoms with van der Waals surface area (Å²) in [6.45, 7) is 2.45. The van der Waals surface area contributed by atoms with Crippen LogP contribution in [-0.4, -0.2) is 67.1 Å². The molecule has 1 aliphatic rings. The fourth-order valence-electron chi connectivity index (χ4n) is 3.96. The van der Waals surface area contributed by atoms with Crippen LogP contribution in [0.25, 0.3) is 0 Å². The molecule has 0 spiro atoms. The molecule has 31 heavy (non-hydrogen) atoms. The smallest absolute Gasteiger partial charge is 0.164 e. The van der Waals surface area contributed by atoms with Crippen molar-refractivity contribution in [3.05, 3.63) is 41.0 Å². The first-order valence-corrected chi connectivity index (χ1v) is 10.5. The Morgan fingerprint density at radius 1 is 0.806 bits per heavy atom. The van der Waals surface area contributed by atoms with Crippen molar-refractivity contribution in [2.45, 2.75) is 18.9 Å². The van der Waals surface area contributed by atoms with Crippen LogP contribution in [0, 0.1) is 0 Å². The summed E-state index contributed by atoms with van der Waals surface area (Å²) in [6.07, 6.45) is 1.86. The van der Waals surface area contributed by atoms with Gasteiger partial charge in [-0.3, -0.25) is 0 Å². The molecular weight excluding hydrogens is 396 g/mol. The average molecular weight is 431 g/mol. The van der Waals surface area contributed by atoms with Crippen LogP contribution in [0.3, 0.4) is 0 Å². The Morgan fingerprint density at radius 2 is 1.42 bits per heavy atom. The van der Waals surface area contributed by atoms with E-state index in [2.05, 4.69) is 36.4 Å². The minimum absolute atomic E-state index is 0.0615. The van der Waals surface area contributed by atoms with Crippen molar-refractivity contribution in [1.29, 1.82) is 0 Å². The molecule has 0 fully saturated rings. The number of rotatable bonds is 10. The van der Waals surface area contributed by atoms with Gasteiger partial charge in [0.2, 0.25) is 0 Å². The average Bonchev–Trinajstić information content (AvgIpc) is 2.79. The zero-order valence-electron chi connectivity index (χ0n) is 19.4. The summed E-state index contributed by atoms with van der Waals surface area (Å²) in [4.78, 5) is 2.15. The van der Waals surface area contributed by atoms with Crippen molar-refractivity contribution in [2.75, 3.05) is 62.2 Å². The van der Waals surface area contributed by atoms with Crippen LogP contribution >= 0.6 is 0 Å². The monoisotopic (exact) mass is 430 g/mol. The van der Waals surface area contributed by atoms with Gasteiger partial charge in [0.25, 0.3) is 0 Å². The number of fused-ring (bicyclic) bond motifs is 1. The highest BCUT2D eigenvalue weighted by molar-refractivity contribution is 5.57. The van der Waals surface area contributed by atoms with E-state index in [1.165, 1.54) is 5.56 Å². The SMILES string of the molecule is COc1cc(OC)c(C2NCCc3cc(OC)c(OCCCN(C)C)cc32)cc1OC. The van der Waals surface area contributed by atoms with Crippen LogP contribution < -0.4 is 29.0 Å². The summed E-state index contributed by atoms with van der Waals surface area (Å²) >= 11 is 0. The quantitative estimate of drug-likeness (QED) is 0.581. The van der Waals surface area contributed by atoms with Crippen LogP contribution in [0.4, 0.5) is 0 Å². The number of methoxy groups -OCH3 is 4. The first kappa shape index (κ1) is 23.0. The van der Waals surface area contributed by atoms with Crippen molar-refractivity contribution in [3.63, 3.8) is 0 Å². The molecule has 3 rings (SSSR count). The fraction of sp³-hybridized carbons (Fsp3) is 0.500. The highest BCUT2D eigenvalue weighted by atomic mass is 16.5. The van der Waals surface area contributed by atoms with E-state index in [4.69, 9.17) is 23.7 Å². The minimum Gasteiger partial charge on any atom is -0.496 e. The third-order valence-electron chi connectivity index (χ3n) is 5.53. The molecule has 7 nitrogen and oxygen atoms in total. The second-order valence-electron chi connectivity index (χ2n) is 7.79. The standard InChI is InChI=1S/C24H34N2O5/c1-26(2)10-7-11-31-23-13-17-16(12-20(23)28-4)8-9-25-24(17)18-14-21(29-5)22(30-6)15-19(18)27-3/h12-15,24-25H,7-11H2,1-6H3. The van der Waals surface area contributed by atoms with E-state index < -0.39 is 0 Å².